The second-order valence-corrected chi connectivity index (χ2v) is 6.20. The molecule has 3 rings (SSSR count). The quantitative estimate of drug-likeness (QED) is 0.834. The molecule has 2 fully saturated rings. The van der Waals surface area contributed by atoms with Crippen LogP contribution in [0.4, 0.5) is 4.79 Å². The number of amides is 3. The average molecular weight is 359 g/mol. The summed E-state index contributed by atoms with van der Waals surface area (Å²) in [6, 6.07) is 5.20. The summed E-state index contributed by atoms with van der Waals surface area (Å²) in [6.45, 7) is 2.26. The Hall–Kier alpha value is -1.27. The van der Waals surface area contributed by atoms with E-state index in [9.17, 15) is 9.59 Å². The van der Waals surface area contributed by atoms with Gasteiger partial charge in [-0.25, -0.2) is 4.79 Å². The number of hydrogen-bond acceptors (Lipinski definition) is 2. The van der Waals surface area contributed by atoms with E-state index >= 15 is 0 Å². The molecule has 1 unspecified atom stereocenters. The molecule has 5 nitrogen and oxygen atoms in total. The normalized spacial score (nSPS) is 21.7. The first-order valence-electron chi connectivity index (χ1n) is 6.35. The maximum Gasteiger partial charge on any atom is 0.317 e. The largest absolute Gasteiger partial charge is 0.336 e. The first-order valence-corrected chi connectivity index (χ1v) is 7.52. The predicted molar refractivity (Wildman–Crippen MR) is 78.9 cm³/mol. The van der Waals surface area contributed by atoms with Crippen molar-refractivity contribution >= 4 is 39.5 Å². The van der Waals surface area contributed by atoms with Crippen molar-refractivity contribution in [2.75, 3.05) is 26.2 Å². The molecule has 0 aromatic heterocycles. The summed E-state index contributed by atoms with van der Waals surface area (Å²) in [4.78, 5) is 27.7. The Bertz CT molecular complexity index is 581. The van der Waals surface area contributed by atoms with Crippen molar-refractivity contribution in [3.8, 4) is 0 Å². The van der Waals surface area contributed by atoms with Crippen molar-refractivity contribution in [1.29, 1.82) is 0 Å². The van der Waals surface area contributed by atoms with Crippen LogP contribution in [0.2, 0.25) is 5.02 Å². The minimum Gasteiger partial charge on any atom is -0.336 e. The van der Waals surface area contributed by atoms with Gasteiger partial charge >= 0.3 is 6.03 Å². The van der Waals surface area contributed by atoms with Gasteiger partial charge in [-0.1, -0.05) is 11.6 Å². The van der Waals surface area contributed by atoms with Crippen LogP contribution in [-0.4, -0.2) is 54.0 Å². The number of nitrogens with one attached hydrogen (secondary N) is 1. The van der Waals surface area contributed by atoms with Gasteiger partial charge in [-0.15, -0.1) is 0 Å². The zero-order valence-corrected chi connectivity index (χ0v) is 12.9. The maximum absolute atomic E-state index is 12.6. The Kier molecular flexibility index (Phi) is 3.60. The topological polar surface area (TPSA) is 52.7 Å². The van der Waals surface area contributed by atoms with Gasteiger partial charge in [-0.3, -0.25) is 4.79 Å². The molecule has 0 radical (unpaired) electrons. The summed E-state index contributed by atoms with van der Waals surface area (Å²) in [7, 11) is 0. The van der Waals surface area contributed by atoms with Gasteiger partial charge in [0.15, 0.2) is 0 Å². The van der Waals surface area contributed by atoms with E-state index in [4.69, 9.17) is 11.6 Å². The standard InChI is InChI=1S/C13H13BrClN3O2/c14-11-2-1-8(15)5-10(11)12(19)17-3-4-18-9(7-17)6-16-13(18)20/h1-2,5,9H,3-4,6-7H2,(H,16,20). The van der Waals surface area contributed by atoms with Crippen LogP contribution in [0.25, 0.3) is 0 Å². The highest BCUT2D eigenvalue weighted by Crippen LogP contribution is 2.24. The molecule has 0 aliphatic carbocycles. The molecule has 0 saturated carbocycles. The highest BCUT2D eigenvalue weighted by atomic mass is 79.9. The third-order valence-electron chi connectivity index (χ3n) is 3.68. The molecule has 7 heteroatoms. The van der Waals surface area contributed by atoms with Crippen LogP contribution in [0, 0.1) is 0 Å². The summed E-state index contributed by atoms with van der Waals surface area (Å²) >= 11 is 9.33. The summed E-state index contributed by atoms with van der Waals surface area (Å²) in [5.74, 6) is -0.0571. The van der Waals surface area contributed by atoms with Crippen LogP contribution in [0.1, 0.15) is 10.4 Å². The number of hydrogen-bond donors (Lipinski definition) is 1. The third kappa shape index (κ3) is 2.38. The predicted octanol–water partition coefficient (Wildman–Crippen LogP) is 1.95. The lowest BCUT2D eigenvalue weighted by molar-refractivity contribution is 0.0616. The lowest BCUT2D eigenvalue weighted by atomic mass is 10.1. The van der Waals surface area contributed by atoms with Crippen LogP contribution < -0.4 is 5.32 Å². The van der Waals surface area contributed by atoms with Crippen molar-refractivity contribution < 1.29 is 9.59 Å². The number of urea groups is 1. The Balaban J connectivity index is 1.78. The molecule has 1 atom stereocenters. The number of rotatable bonds is 1. The number of nitrogens with zero attached hydrogens (tertiary/aromatic N) is 2. The summed E-state index contributed by atoms with van der Waals surface area (Å²) < 4.78 is 0.731. The maximum atomic E-state index is 12.6. The first-order chi connectivity index (χ1) is 9.56. The van der Waals surface area contributed by atoms with E-state index in [1.165, 1.54) is 0 Å². The molecule has 3 amide bonds. The molecule has 20 heavy (non-hydrogen) atoms. The Morgan fingerprint density at radius 1 is 1.40 bits per heavy atom. The average Bonchev–Trinajstić information content (AvgIpc) is 2.82. The van der Waals surface area contributed by atoms with Gasteiger partial charge < -0.3 is 15.1 Å². The Morgan fingerprint density at radius 2 is 2.20 bits per heavy atom. The zero-order chi connectivity index (χ0) is 14.3. The molecule has 1 aromatic carbocycles. The molecule has 2 aliphatic heterocycles. The smallest absolute Gasteiger partial charge is 0.317 e. The number of carbonyl (C=O) groups excluding carboxylic acids is 2. The summed E-state index contributed by atoms with van der Waals surface area (Å²) in [5.41, 5.74) is 0.559. The van der Waals surface area contributed by atoms with E-state index < -0.39 is 0 Å². The number of carbonyl (C=O) groups is 2. The van der Waals surface area contributed by atoms with E-state index in [0.29, 0.717) is 36.8 Å². The Labute approximate surface area is 130 Å². The third-order valence-corrected chi connectivity index (χ3v) is 4.61. The molecular weight excluding hydrogens is 346 g/mol. The molecule has 1 aromatic rings. The van der Waals surface area contributed by atoms with Crippen LogP contribution in [-0.2, 0) is 0 Å². The van der Waals surface area contributed by atoms with Gasteiger partial charge in [0.05, 0.1) is 11.6 Å². The number of fused-ring (bicyclic) bond motifs is 1. The van der Waals surface area contributed by atoms with Gasteiger partial charge in [0, 0.05) is 35.7 Å². The molecule has 2 aliphatic rings. The van der Waals surface area contributed by atoms with E-state index in [0.717, 1.165) is 4.47 Å². The van der Waals surface area contributed by atoms with Crippen molar-refractivity contribution in [2.45, 2.75) is 6.04 Å². The van der Waals surface area contributed by atoms with Gasteiger partial charge in [0.25, 0.3) is 5.91 Å². The molecule has 0 spiro atoms. The Morgan fingerprint density at radius 3 is 3.00 bits per heavy atom. The van der Waals surface area contributed by atoms with Crippen molar-refractivity contribution in [3.05, 3.63) is 33.3 Å². The highest BCUT2D eigenvalue weighted by Gasteiger charge is 2.37. The van der Waals surface area contributed by atoms with Gasteiger partial charge in [-0.2, -0.15) is 0 Å². The van der Waals surface area contributed by atoms with Gasteiger partial charge in [-0.05, 0) is 34.1 Å². The van der Waals surface area contributed by atoms with Crippen molar-refractivity contribution in [2.24, 2.45) is 0 Å². The minimum absolute atomic E-state index is 0.0361. The van der Waals surface area contributed by atoms with E-state index in [-0.39, 0.29) is 18.0 Å². The number of benzene rings is 1. The monoisotopic (exact) mass is 357 g/mol. The van der Waals surface area contributed by atoms with Gasteiger partial charge in [0.2, 0.25) is 0 Å². The first kappa shape index (κ1) is 13.7. The van der Waals surface area contributed by atoms with Gasteiger partial charge in [0.1, 0.15) is 0 Å². The minimum atomic E-state index is -0.0571. The van der Waals surface area contributed by atoms with E-state index in [2.05, 4.69) is 21.2 Å². The fraction of sp³-hybridized carbons (Fsp3) is 0.385. The molecular formula is C13H13BrClN3O2. The lowest BCUT2D eigenvalue weighted by Gasteiger charge is -2.36. The summed E-state index contributed by atoms with van der Waals surface area (Å²) in [6.07, 6.45) is 0. The zero-order valence-electron chi connectivity index (χ0n) is 10.6. The highest BCUT2D eigenvalue weighted by molar-refractivity contribution is 9.10. The summed E-state index contributed by atoms with van der Waals surface area (Å²) in [5, 5.41) is 3.34. The SMILES string of the molecule is O=C(c1cc(Cl)ccc1Br)N1CCN2C(=O)NCC2C1. The second kappa shape index (κ2) is 5.26. The molecule has 1 N–H and O–H groups in total. The van der Waals surface area contributed by atoms with Crippen LogP contribution in [0.3, 0.4) is 0 Å². The molecule has 0 bridgehead atoms. The van der Waals surface area contributed by atoms with E-state index in [1.807, 2.05) is 0 Å². The number of halogens is 2. The van der Waals surface area contributed by atoms with Crippen LogP contribution >= 0.6 is 27.5 Å². The number of piperazine rings is 1. The van der Waals surface area contributed by atoms with E-state index in [1.54, 1.807) is 28.0 Å². The van der Waals surface area contributed by atoms with Crippen molar-refractivity contribution in [3.63, 3.8) is 0 Å². The molecule has 2 heterocycles. The lowest BCUT2D eigenvalue weighted by Crippen LogP contribution is -2.53. The fourth-order valence-corrected chi connectivity index (χ4v) is 3.21. The van der Waals surface area contributed by atoms with Crippen LogP contribution in [0.5, 0.6) is 0 Å². The molecule has 2 saturated heterocycles. The fourth-order valence-electron chi connectivity index (χ4n) is 2.62. The van der Waals surface area contributed by atoms with Crippen molar-refractivity contribution in [1.82, 2.24) is 15.1 Å². The van der Waals surface area contributed by atoms with Crippen LogP contribution in [0.15, 0.2) is 22.7 Å². The molecule has 106 valence electrons. The second-order valence-electron chi connectivity index (χ2n) is 4.91.